The second-order valence-electron chi connectivity index (χ2n) is 5.08. The van der Waals surface area contributed by atoms with Gasteiger partial charge in [-0.2, -0.15) is 5.26 Å². The molecule has 0 atom stereocenters. The molecule has 0 spiro atoms. The minimum Gasteiger partial charge on any atom is -0.384 e. The molecule has 0 amide bonds. The van der Waals surface area contributed by atoms with Crippen LogP contribution < -0.4 is 15.8 Å². The summed E-state index contributed by atoms with van der Waals surface area (Å²) in [7, 11) is 1.86. The van der Waals surface area contributed by atoms with Crippen LogP contribution >= 0.6 is 0 Å². The second-order valence-corrected chi connectivity index (χ2v) is 5.08. The molecule has 20 heavy (non-hydrogen) atoms. The first-order valence-electron chi connectivity index (χ1n) is 6.71. The van der Waals surface area contributed by atoms with Crippen molar-refractivity contribution in [2.24, 2.45) is 0 Å². The molecule has 0 saturated heterocycles. The number of nitrogens with zero attached hydrogens (tertiary/aromatic N) is 2. The number of fused-ring (bicyclic) bond motifs is 3. The van der Waals surface area contributed by atoms with Gasteiger partial charge in [0.1, 0.15) is 6.54 Å². The average Bonchev–Trinajstić information content (AvgIpc) is 2.47. The van der Waals surface area contributed by atoms with Crippen LogP contribution in [0, 0.1) is 11.3 Å². The van der Waals surface area contributed by atoms with Gasteiger partial charge in [-0.15, -0.1) is 0 Å². The lowest BCUT2D eigenvalue weighted by Gasteiger charge is -2.21. The van der Waals surface area contributed by atoms with Crippen molar-refractivity contribution in [2.45, 2.75) is 12.8 Å². The normalized spacial score (nSPS) is 13.4. The van der Waals surface area contributed by atoms with E-state index in [1.807, 2.05) is 30.1 Å². The lowest BCUT2D eigenvalue weighted by atomic mass is 10.0. The van der Waals surface area contributed by atoms with Crippen LogP contribution in [0.4, 0.5) is 11.4 Å². The quantitative estimate of drug-likeness (QED) is 0.815. The van der Waals surface area contributed by atoms with Gasteiger partial charge in [0, 0.05) is 30.2 Å². The molecule has 0 radical (unpaired) electrons. The van der Waals surface area contributed by atoms with Gasteiger partial charge >= 0.3 is 0 Å². The number of anilines is 2. The van der Waals surface area contributed by atoms with Gasteiger partial charge in [-0.05, 0) is 31.0 Å². The molecule has 5 nitrogen and oxygen atoms in total. The van der Waals surface area contributed by atoms with Gasteiger partial charge in [-0.3, -0.25) is 4.79 Å². The zero-order chi connectivity index (χ0) is 14.1. The van der Waals surface area contributed by atoms with Gasteiger partial charge in [0.15, 0.2) is 0 Å². The molecule has 1 aromatic heterocycles. The Balaban J connectivity index is 2.17. The van der Waals surface area contributed by atoms with Crippen LogP contribution in [0.15, 0.2) is 23.0 Å². The molecule has 0 aliphatic carbocycles. The van der Waals surface area contributed by atoms with Crippen molar-refractivity contribution in [3.05, 3.63) is 34.1 Å². The van der Waals surface area contributed by atoms with E-state index in [1.54, 1.807) is 0 Å². The first-order chi connectivity index (χ1) is 9.70. The van der Waals surface area contributed by atoms with Crippen LogP contribution in [0.5, 0.6) is 0 Å². The molecule has 5 heteroatoms. The molecule has 102 valence electrons. The third kappa shape index (κ3) is 1.99. The summed E-state index contributed by atoms with van der Waals surface area (Å²) in [6, 6.07) is 8.02. The number of hydrogen-bond acceptors (Lipinski definition) is 4. The Labute approximate surface area is 116 Å². The molecule has 0 bridgehead atoms. The van der Waals surface area contributed by atoms with Crippen molar-refractivity contribution >= 4 is 22.3 Å². The van der Waals surface area contributed by atoms with Crippen LogP contribution in [0.1, 0.15) is 12.0 Å². The maximum absolute atomic E-state index is 12.1. The van der Waals surface area contributed by atoms with E-state index in [9.17, 15) is 4.79 Å². The Morgan fingerprint density at radius 3 is 3.10 bits per heavy atom. The van der Waals surface area contributed by atoms with Crippen LogP contribution in [0.2, 0.25) is 0 Å². The molecule has 1 aliphatic heterocycles. The Bertz CT molecular complexity index is 757. The Morgan fingerprint density at radius 1 is 1.45 bits per heavy atom. The summed E-state index contributed by atoms with van der Waals surface area (Å²) < 4.78 is 0. The number of pyridine rings is 1. The van der Waals surface area contributed by atoms with Crippen LogP contribution in [-0.4, -0.2) is 25.1 Å². The van der Waals surface area contributed by atoms with Crippen LogP contribution in [0.25, 0.3) is 10.9 Å². The largest absolute Gasteiger partial charge is 0.384 e. The standard InChI is InChI=1S/C15H16N4O/c1-19(8-6-16)10-4-5-11-13(9-10)18-15(20)12-3-2-7-17-14(11)12/h4-5,9,17H,2-3,7-8H2,1H3,(H,18,20). The van der Waals surface area contributed by atoms with Crippen LogP contribution in [-0.2, 0) is 6.42 Å². The summed E-state index contributed by atoms with van der Waals surface area (Å²) >= 11 is 0. The van der Waals surface area contributed by atoms with Crippen LogP contribution in [0.3, 0.4) is 0 Å². The molecule has 2 aromatic rings. The lowest BCUT2D eigenvalue weighted by Crippen LogP contribution is -2.22. The van der Waals surface area contributed by atoms with Gasteiger partial charge in [-0.25, -0.2) is 0 Å². The van der Waals surface area contributed by atoms with Crippen molar-refractivity contribution < 1.29 is 0 Å². The first-order valence-corrected chi connectivity index (χ1v) is 6.71. The zero-order valence-electron chi connectivity index (χ0n) is 11.4. The van der Waals surface area contributed by atoms with E-state index in [1.165, 1.54) is 0 Å². The SMILES string of the molecule is CN(CC#N)c1ccc2c3c(c(=O)[nH]c2c1)CCCN3. The number of hydrogen-bond donors (Lipinski definition) is 2. The number of aromatic amines is 1. The fourth-order valence-corrected chi connectivity index (χ4v) is 2.68. The monoisotopic (exact) mass is 268 g/mol. The Hall–Kier alpha value is -2.48. The molecule has 1 aromatic carbocycles. The fourth-order valence-electron chi connectivity index (χ4n) is 2.68. The van der Waals surface area contributed by atoms with Gasteiger partial charge in [0.25, 0.3) is 5.56 Å². The number of aromatic nitrogens is 1. The van der Waals surface area contributed by atoms with E-state index in [0.29, 0.717) is 6.54 Å². The van der Waals surface area contributed by atoms with E-state index in [-0.39, 0.29) is 5.56 Å². The maximum Gasteiger partial charge on any atom is 0.253 e. The van der Waals surface area contributed by atoms with Crippen molar-refractivity contribution in [3.8, 4) is 6.07 Å². The Morgan fingerprint density at radius 2 is 2.30 bits per heavy atom. The first kappa shape index (κ1) is 12.5. The van der Waals surface area contributed by atoms with Gasteiger partial charge in [-0.1, -0.05) is 0 Å². The van der Waals surface area contributed by atoms with Gasteiger partial charge < -0.3 is 15.2 Å². The summed E-state index contributed by atoms with van der Waals surface area (Å²) in [6.45, 7) is 1.22. The highest BCUT2D eigenvalue weighted by Crippen LogP contribution is 2.29. The summed E-state index contributed by atoms with van der Waals surface area (Å²) in [5.41, 5.74) is 3.53. The highest BCUT2D eigenvalue weighted by Gasteiger charge is 2.16. The van der Waals surface area contributed by atoms with Gasteiger partial charge in [0.2, 0.25) is 0 Å². The molecule has 0 unspecified atom stereocenters. The number of nitriles is 1. The molecule has 1 aliphatic rings. The highest BCUT2D eigenvalue weighted by molar-refractivity contribution is 5.94. The Kier molecular flexibility index (Phi) is 3.07. The zero-order valence-corrected chi connectivity index (χ0v) is 11.4. The predicted molar refractivity (Wildman–Crippen MR) is 80.3 cm³/mol. The fraction of sp³-hybridized carbons (Fsp3) is 0.333. The lowest BCUT2D eigenvalue weighted by molar-refractivity contribution is 0.820. The summed E-state index contributed by atoms with van der Waals surface area (Å²) in [5, 5.41) is 13.1. The van der Waals surface area contributed by atoms with E-state index < -0.39 is 0 Å². The summed E-state index contributed by atoms with van der Waals surface area (Å²) in [5.74, 6) is 0. The molecule has 0 fully saturated rings. The third-order valence-corrected chi connectivity index (χ3v) is 3.75. The smallest absolute Gasteiger partial charge is 0.253 e. The molecule has 3 rings (SSSR count). The van der Waals surface area contributed by atoms with Crippen molar-refractivity contribution in [1.82, 2.24) is 4.98 Å². The van der Waals surface area contributed by atoms with Crippen molar-refractivity contribution in [2.75, 3.05) is 30.4 Å². The molecule has 2 heterocycles. The number of rotatable bonds is 2. The number of benzene rings is 1. The van der Waals surface area contributed by atoms with E-state index >= 15 is 0 Å². The second kappa shape index (κ2) is 4.89. The summed E-state index contributed by atoms with van der Waals surface area (Å²) in [6.07, 6.45) is 1.81. The van der Waals surface area contributed by atoms with Crippen molar-refractivity contribution in [3.63, 3.8) is 0 Å². The molecule has 2 N–H and O–H groups in total. The number of H-pyrrole nitrogens is 1. The highest BCUT2D eigenvalue weighted by atomic mass is 16.1. The molecular weight excluding hydrogens is 252 g/mol. The average molecular weight is 268 g/mol. The summed E-state index contributed by atoms with van der Waals surface area (Å²) in [4.78, 5) is 16.9. The van der Waals surface area contributed by atoms with E-state index in [2.05, 4.69) is 16.4 Å². The molecule has 0 saturated carbocycles. The minimum absolute atomic E-state index is 0.0141. The minimum atomic E-state index is -0.0141. The topological polar surface area (TPSA) is 71.9 Å². The van der Waals surface area contributed by atoms with E-state index in [0.717, 1.165) is 47.2 Å². The van der Waals surface area contributed by atoms with Crippen molar-refractivity contribution in [1.29, 1.82) is 5.26 Å². The molecular formula is C15H16N4O. The third-order valence-electron chi connectivity index (χ3n) is 3.75. The number of nitrogens with one attached hydrogen (secondary N) is 2. The maximum atomic E-state index is 12.1. The van der Waals surface area contributed by atoms with Gasteiger partial charge in [0.05, 0.1) is 17.3 Å². The predicted octanol–water partition coefficient (Wildman–Crippen LogP) is 1.85. The van der Waals surface area contributed by atoms with E-state index in [4.69, 9.17) is 5.26 Å².